The summed E-state index contributed by atoms with van der Waals surface area (Å²) >= 11 is 0. The summed E-state index contributed by atoms with van der Waals surface area (Å²) < 4.78 is 2.00. The highest BCUT2D eigenvalue weighted by atomic mass is 16.1. The highest BCUT2D eigenvalue weighted by Crippen LogP contribution is 2.24. The average Bonchev–Trinajstić information content (AvgIpc) is 3.23. The van der Waals surface area contributed by atoms with Crippen LogP contribution >= 0.6 is 0 Å². The number of hydrogen-bond donors (Lipinski definition) is 0. The summed E-state index contributed by atoms with van der Waals surface area (Å²) in [5.74, 6) is 0.244. The standard InChI is InChI=1S/C21H24N4O/c1-15-4-3-7-25(15)13-20(26)10-19-9-18-8-16(5-6-17(18)11-23-19)21-12-22-14-24(21)2/h5-6,8-9,11-12,14-15H,3-4,7,10,13H2,1-2H3/t15-/m1/s1. The Labute approximate surface area is 153 Å². The van der Waals surface area contributed by atoms with E-state index < -0.39 is 0 Å². The van der Waals surface area contributed by atoms with Gasteiger partial charge in [0.2, 0.25) is 0 Å². The lowest BCUT2D eigenvalue weighted by Crippen LogP contribution is -2.33. The number of hydrogen-bond acceptors (Lipinski definition) is 4. The molecule has 0 saturated carbocycles. The van der Waals surface area contributed by atoms with Gasteiger partial charge < -0.3 is 4.57 Å². The second-order valence-corrected chi connectivity index (χ2v) is 7.30. The van der Waals surface area contributed by atoms with Crippen molar-refractivity contribution >= 4 is 16.6 Å². The first-order valence-electron chi connectivity index (χ1n) is 9.21. The molecule has 3 aromatic rings. The number of carbonyl (C=O) groups is 1. The third-order valence-corrected chi connectivity index (χ3v) is 5.34. The van der Waals surface area contributed by atoms with Crippen LogP contribution in [0, 0.1) is 0 Å². The predicted molar refractivity (Wildman–Crippen MR) is 103 cm³/mol. The number of aryl methyl sites for hydroxylation is 1. The van der Waals surface area contributed by atoms with Crippen LogP contribution in [0.1, 0.15) is 25.5 Å². The minimum absolute atomic E-state index is 0.244. The molecular weight excluding hydrogens is 324 g/mol. The van der Waals surface area contributed by atoms with Crippen molar-refractivity contribution in [2.75, 3.05) is 13.1 Å². The molecule has 2 aromatic heterocycles. The van der Waals surface area contributed by atoms with Crippen LogP contribution in [-0.4, -0.2) is 44.3 Å². The van der Waals surface area contributed by atoms with E-state index in [4.69, 9.17) is 0 Å². The van der Waals surface area contributed by atoms with E-state index in [0.717, 1.165) is 34.3 Å². The third-order valence-electron chi connectivity index (χ3n) is 5.34. The Hall–Kier alpha value is -2.53. The number of benzene rings is 1. The van der Waals surface area contributed by atoms with Crippen LogP contribution in [-0.2, 0) is 18.3 Å². The first-order valence-corrected chi connectivity index (χ1v) is 9.21. The van der Waals surface area contributed by atoms with Gasteiger partial charge in [0.1, 0.15) is 0 Å². The van der Waals surface area contributed by atoms with Crippen LogP contribution in [0.15, 0.2) is 43.0 Å². The third kappa shape index (κ3) is 3.40. The first-order chi connectivity index (χ1) is 12.6. The fraction of sp³-hybridized carbons (Fsp3) is 0.381. The van der Waals surface area contributed by atoms with Gasteiger partial charge in [0.25, 0.3) is 0 Å². The molecule has 0 unspecified atom stereocenters. The Morgan fingerprint density at radius 1 is 1.23 bits per heavy atom. The Morgan fingerprint density at radius 2 is 2.12 bits per heavy atom. The largest absolute Gasteiger partial charge is 0.334 e. The maximum atomic E-state index is 12.5. The van der Waals surface area contributed by atoms with Gasteiger partial charge in [0.15, 0.2) is 5.78 Å². The van der Waals surface area contributed by atoms with Crippen LogP contribution < -0.4 is 0 Å². The van der Waals surface area contributed by atoms with Crippen molar-refractivity contribution in [3.63, 3.8) is 0 Å². The van der Waals surface area contributed by atoms with Crippen molar-refractivity contribution in [2.45, 2.75) is 32.2 Å². The minimum atomic E-state index is 0.244. The molecule has 1 fully saturated rings. The highest BCUT2D eigenvalue weighted by molar-refractivity contribution is 5.88. The van der Waals surface area contributed by atoms with Crippen molar-refractivity contribution in [3.05, 3.63) is 48.7 Å². The maximum Gasteiger partial charge on any atom is 0.152 e. The lowest BCUT2D eigenvalue weighted by atomic mass is 10.0. The summed E-state index contributed by atoms with van der Waals surface area (Å²) in [6, 6.07) is 8.86. The van der Waals surface area contributed by atoms with Gasteiger partial charge in [-0.05, 0) is 43.8 Å². The first kappa shape index (κ1) is 16.9. The van der Waals surface area contributed by atoms with E-state index in [1.807, 2.05) is 30.1 Å². The number of Topliss-reactive ketones (excluding diaryl/α,β-unsaturated/α-hetero) is 1. The van der Waals surface area contributed by atoms with Crippen molar-refractivity contribution in [2.24, 2.45) is 7.05 Å². The van der Waals surface area contributed by atoms with Crippen molar-refractivity contribution in [3.8, 4) is 11.3 Å². The van der Waals surface area contributed by atoms with Gasteiger partial charge >= 0.3 is 0 Å². The van der Waals surface area contributed by atoms with Crippen LogP contribution in [0.2, 0.25) is 0 Å². The van der Waals surface area contributed by atoms with E-state index in [0.29, 0.717) is 19.0 Å². The molecule has 1 aromatic carbocycles. The molecule has 3 heterocycles. The normalized spacial score (nSPS) is 17.8. The fourth-order valence-corrected chi connectivity index (χ4v) is 3.79. The van der Waals surface area contributed by atoms with Crippen molar-refractivity contribution < 1.29 is 4.79 Å². The number of fused-ring (bicyclic) bond motifs is 1. The van der Waals surface area contributed by atoms with E-state index in [9.17, 15) is 4.79 Å². The van der Waals surface area contributed by atoms with Gasteiger partial charge in [-0.2, -0.15) is 0 Å². The molecule has 26 heavy (non-hydrogen) atoms. The summed E-state index contributed by atoms with van der Waals surface area (Å²) in [7, 11) is 1.99. The summed E-state index contributed by atoms with van der Waals surface area (Å²) in [5, 5.41) is 2.19. The van der Waals surface area contributed by atoms with Crippen LogP contribution in [0.5, 0.6) is 0 Å². The maximum absolute atomic E-state index is 12.5. The van der Waals surface area contributed by atoms with Crippen LogP contribution in [0.4, 0.5) is 0 Å². The van der Waals surface area contributed by atoms with E-state index in [1.165, 1.54) is 12.8 Å². The Morgan fingerprint density at radius 3 is 2.85 bits per heavy atom. The molecule has 5 heteroatoms. The number of likely N-dealkylation sites (tertiary alicyclic amines) is 1. The molecule has 0 N–H and O–H groups in total. The van der Waals surface area contributed by atoms with Gasteiger partial charge in [-0.25, -0.2) is 4.98 Å². The Bertz CT molecular complexity index is 946. The SMILES string of the molecule is C[C@@H]1CCCN1CC(=O)Cc1cc2cc(-c3cncn3C)ccc2cn1. The molecule has 4 rings (SSSR count). The number of nitrogens with zero attached hydrogens (tertiary/aromatic N) is 4. The lowest BCUT2D eigenvalue weighted by molar-refractivity contribution is -0.119. The summed E-state index contributed by atoms with van der Waals surface area (Å²) in [5.41, 5.74) is 3.03. The molecular formula is C21H24N4O. The summed E-state index contributed by atoms with van der Waals surface area (Å²) in [4.78, 5) is 23.4. The van der Waals surface area contributed by atoms with E-state index >= 15 is 0 Å². The number of rotatable bonds is 5. The fourth-order valence-electron chi connectivity index (χ4n) is 3.79. The molecule has 134 valence electrons. The second-order valence-electron chi connectivity index (χ2n) is 7.30. The molecule has 5 nitrogen and oxygen atoms in total. The van der Waals surface area contributed by atoms with Gasteiger partial charge in [-0.1, -0.05) is 12.1 Å². The Balaban J connectivity index is 1.54. The van der Waals surface area contributed by atoms with Crippen molar-refractivity contribution in [1.29, 1.82) is 0 Å². The molecule has 0 radical (unpaired) electrons. The molecule has 1 aliphatic rings. The van der Waals surface area contributed by atoms with Crippen molar-refractivity contribution in [1.82, 2.24) is 19.4 Å². The van der Waals surface area contributed by atoms with E-state index in [-0.39, 0.29) is 5.78 Å². The smallest absolute Gasteiger partial charge is 0.152 e. The van der Waals surface area contributed by atoms with E-state index in [2.05, 4.69) is 40.0 Å². The summed E-state index contributed by atoms with van der Waals surface area (Å²) in [6.45, 7) is 3.77. The zero-order valence-corrected chi connectivity index (χ0v) is 15.4. The topological polar surface area (TPSA) is 51.0 Å². The number of imidazole rings is 1. The molecule has 1 saturated heterocycles. The number of aromatic nitrogens is 3. The number of carbonyl (C=O) groups excluding carboxylic acids is 1. The minimum Gasteiger partial charge on any atom is -0.334 e. The quantitative estimate of drug-likeness (QED) is 0.710. The number of ketones is 1. The molecule has 0 aliphatic carbocycles. The van der Waals surface area contributed by atoms with Crippen LogP contribution in [0.3, 0.4) is 0 Å². The summed E-state index contributed by atoms with van der Waals surface area (Å²) in [6.07, 6.45) is 8.32. The Kier molecular flexibility index (Phi) is 4.55. The molecule has 0 amide bonds. The van der Waals surface area contributed by atoms with E-state index in [1.54, 1.807) is 6.33 Å². The zero-order valence-electron chi connectivity index (χ0n) is 15.4. The second kappa shape index (κ2) is 7.00. The van der Waals surface area contributed by atoms with Crippen LogP contribution in [0.25, 0.3) is 22.0 Å². The molecule has 0 bridgehead atoms. The molecule has 1 atom stereocenters. The predicted octanol–water partition coefficient (Wildman–Crippen LogP) is 3.23. The highest BCUT2D eigenvalue weighted by Gasteiger charge is 2.22. The number of pyridine rings is 1. The van der Waals surface area contributed by atoms with Gasteiger partial charge in [0, 0.05) is 35.9 Å². The molecule has 0 spiro atoms. The van der Waals surface area contributed by atoms with Gasteiger partial charge in [0.05, 0.1) is 31.2 Å². The zero-order chi connectivity index (χ0) is 18.1. The average molecular weight is 348 g/mol. The lowest BCUT2D eigenvalue weighted by Gasteiger charge is -2.19. The van der Waals surface area contributed by atoms with Gasteiger partial charge in [-0.15, -0.1) is 0 Å². The monoisotopic (exact) mass is 348 g/mol. The molecule has 1 aliphatic heterocycles. The van der Waals surface area contributed by atoms with Gasteiger partial charge in [-0.3, -0.25) is 14.7 Å².